The molecule has 1 saturated heterocycles. The fraction of sp³-hybridized carbons (Fsp3) is 0.520. The maximum atomic E-state index is 6.06. The van der Waals surface area contributed by atoms with Gasteiger partial charge in [-0.3, -0.25) is 0 Å². The van der Waals surface area contributed by atoms with E-state index in [1.165, 1.54) is 36.0 Å². The van der Waals surface area contributed by atoms with Crippen molar-refractivity contribution in [1.82, 2.24) is 0 Å². The van der Waals surface area contributed by atoms with Gasteiger partial charge in [-0.2, -0.15) is 0 Å². The van der Waals surface area contributed by atoms with Gasteiger partial charge in [-0.1, -0.05) is 66.9 Å². The number of halogens is 1. The van der Waals surface area contributed by atoms with Crippen LogP contribution in [0.3, 0.4) is 0 Å². The summed E-state index contributed by atoms with van der Waals surface area (Å²) in [5.41, 5.74) is 4.39. The van der Waals surface area contributed by atoms with Crippen LogP contribution in [-0.2, 0) is 10.2 Å². The quantitative estimate of drug-likeness (QED) is 0.502. The zero-order valence-electron chi connectivity index (χ0n) is 17.2. The third-order valence-electron chi connectivity index (χ3n) is 6.23. The van der Waals surface area contributed by atoms with E-state index in [2.05, 4.69) is 64.1 Å². The molecule has 0 N–H and O–H groups in total. The van der Waals surface area contributed by atoms with Crippen molar-refractivity contribution < 1.29 is 4.74 Å². The highest BCUT2D eigenvalue weighted by Crippen LogP contribution is 2.45. The van der Waals surface area contributed by atoms with E-state index in [-0.39, 0.29) is 11.0 Å². The van der Waals surface area contributed by atoms with Crippen LogP contribution in [0.1, 0.15) is 75.5 Å². The molecule has 146 valence electrons. The molecule has 0 bridgehead atoms. The zero-order chi connectivity index (χ0) is 19.5. The summed E-state index contributed by atoms with van der Waals surface area (Å²) >= 11 is 6.03. The van der Waals surface area contributed by atoms with Gasteiger partial charge in [-0.15, -0.1) is 0 Å². The number of hydrogen-bond acceptors (Lipinski definition) is 1. The third-order valence-corrected chi connectivity index (χ3v) is 6.48. The van der Waals surface area contributed by atoms with E-state index in [4.69, 9.17) is 16.3 Å². The van der Waals surface area contributed by atoms with Crippen molar-refractivity contribution in [2.45, 2.75) is 76.7 Å². The van der Waals surface area contributed by atoms with Gasteiger partial charge in [0.05, 0.1) is 5.60 Å². The summed E-state index contributed by atoms with van der Waals surface area (Å²) in [6.07, 6.45) is 5.87. The molecule has 1 fully saturated rings. The van der Waals surface area contributed by atoms with Crippen LogP contribution in [0.5, 0.6) is 0 Å². The molecule has 1 aliphatic rings. The molecule has 2 aromatic rings. The number of ether oxygens (including phenoxy) is 1. The van der Waals surface area contributed by atoms with Crippen LogP contribution in [0.15, 0.2) is 48.5 Å². The Hall–Kier alpha value is -1.31. The van der Waals surface area contributed by atoms with Gasteiger partial charge in [0, 0.05) is 17.0 Å². The molecule has 0 saturated carbocycles. The lowest BCUT2D eigenvalue weighted by molar-refractivity contribution is -0.0845. The van der Waals surface area contributed by atoms with Crippen LogP contribution < -0.4 is 0 Å². The van der Waals surface area contributed by atoms with Gasteiger partial charge in [0.2, 0.25) is 0 Å². The second-order valence-corrected chi connectivity index (χ2v) is 9.46. The molecule has 0 radical (unpaired) electrons. The van der Waals surface area contributed by atoms with E-state index in [0.717, 1.165) is 24.5 Å². The molecule has 1 nitrogen and oxygen atoms in total. The Balaban J connectivity index is 1.72. The lowest BCUT2D eigenvalue weighted by atomic mass is 9.66. The number of rotatable bonds is 6. The van der Waals surface area contributed by atoms with Crippen molar-refractivity contribution in [3.05, 3.63) is 70.2 Å². The van der Waals surface area contributed by atoms with Crippen molar-refractivity contribution in [3.63, 3.8) is 0 Å². The largest absolute Gasteiger partial charge is 0.376 e. The summed E-state index contributed by atoms with van der Waals surface area (Å²) in [6, 6.07) is 17.6. The standard InChI is InChI=1S/C25H33ClO/c1-19-7-11-22(12-8-19)25(16-17-27-24(3,4)18-25)15-5-6-20(2)21-9-13-23(26)14-10-21/h7-14,20H,5-6,15-18H2,1-4H3. The number of benzene rings is 2. The van der Waals surface area contributed by atoms with Gasteiger partial charge in [0.1, 0.15) is 0 Å². The molecule has 0 aliphatic carbocycles. The Kier molecular flexibility index (Phi) is 6.33. The summed E-state index contributed by atoms with van der Waals surface area (Å²) < 4.78 is 6.06. The molecule has 2 aromatic carbocycles. The fourth-order valence-electron chi connectivity index (χ4n) is 4.69. The number of aryl methyl sites for hydroxylation is 1. The van der Waals surface area contributed by atoms with Gasteiger partial charge in [0.25, 0.3) is 0 Å². The lowest BCUT2D eigenvalue weighted by Gasteiger charge is -2.46. The van der Waals surface area contributed by atoms with Gasteiger partial charge < -0.3 is 4.74 Å². The second kappa shape index (κ2) is 8.37. The normalized spacial score (nSPS) is 23.1. The van der Waals surface area contributed by atoms with Crippen molar-refractivity contribution >= 4 is 11.6 Å². The average Bonchev–Trinajstić information content (AvgIpc) is 2.62. The topological polar surface area (TPSA) is 9.23 Å². The second-order valence-electron chi connectivity index (χ2n) is 9.03. The molecule has 1 aliphatic heterocycles. The van der Waals surface area contributed by atoms with Crippen molar-refractivity contribution in [2.24, 2.45) is 0 Å². The maximum absolute atomic E-state index is 6.06. The molecule has 0 amide bonds. The minimum absolute atomic E-state index is 0.0507. The van der Waals surface area contributed by atoms with Crippen LogP contribution in [0.2, 0.25) is 5.02 Å². The Morgan fingerprint density at radius 3 is 2.33 bits per heavy atom. The average molecular weight is 385 g/mol. The summed E-state index contributed by atoms with van der Waals surface area (Å²) in [5, 5.41) is 0.814. The summed E-state index contributed by atoms with van der Waals surface area (Å²) in [4.78, 5) is 0. The maximum Gasteiger partial charge on any atom is 0.0635 e. The molecular formula is C25H33ClO. The highest BCUT2D eigenvalue weighted by molar-refractivity contribution is 6.30. The number of hydrogen-bond donors (Lipinski definition) is 0. The Bertz CT molecular complexity index is 732. The lowest BCUT2D eigenvalue weighted by Crippen LogP contribution is -2.44. The minimum atomic E-state index is -0.0507. The molecular weight excluding hydrogens is 352 g/mol. The summed E-state index contributed by atoms with van der Waals surface area (Å²) in [7, 11) is 0. The van der Waals surface area contributed by atoms with Crippen LogP contribution in [0.4, 0.5) is 0 Å². The first kappa shape index (κ1) is 20.4. The molecule has 3 rings (SSSR count). The van der Waals surface area contributed by atoms with E-state index < -0.39 is 0 Å². The first-order chi connectivity index (χ1) is 12.8. The predicted molar refractivity (Wildman–Crippen MR) is 116 cm³/mol. The van der Waals surface area contributed by atoms with E-state index in [1.807, 2.05) is 12.1 Å². The molecule has 27 heavy (non-hydrogen) atoms. The predicted octanol–water partition coefficient (Wildman–Crippen LogP) is 7.45. The van der Waals surface area contributed by atoms with Crippen LogP contribution in [-0.4, -0.2) is 12.2 Å². The molecule has 2 heteroatoms. The van der Waals surface area contributed by atoms with E-state index >= 15 is 0 Å². The van der Waals surface area contributed by atoms with E-state index in [9.17, 15) is 0 Å². The summed E-state index contributed by atoms with van der Waals surface area (Å²) in [5.74, 6) is 0.560. The van der Waals surface area contributed by atoms with Crippen molar-refractivity contribution in [2.75, 3.05) is 6.61 Å². The van der Waals surface area contributed by atoms with Gasteiger partial charge in [-0.05, 0) is 75.6 Å². The Morgan fingerprint density at radius 1 is 1.04 bits per heavy atom. The monoisotopic (exact) mass is 384 g/mol. The molecule has 2 atom stereocenters. The van der Waals surface area contributed by atoms with E-state index in [1.54, 1.807) is 0 Å². The summed E-state index contributed by atoms with van der Waals surface area (Å²) in [6.45, 7) is 9.83. The van der Waals surface area contributed by atoms with Gasteiger partial charge in [0.15, 0.2) is 0 Å². The molecule has 2 unspecified atom stereocenters. The first-order valence-corrected chi connectivity index (χ1v) is 10.6. The van der Waals surface area contributed by atoms with Gasteiger partial charge >= 0.3 is 0 Å². The third kappa shape index (κ3) is 5.15. The Labute approximate surface area is 170 Å². The minimum Gasteiger partial charge on any atom is -0.376 e. The van der Waals surface area contributed by atoms with Crippen LogP contribution in [0, 0.1) is 6.92 Å². The van der Waals surface area contributed by atoms with E-state index in [0.29, 0.717) is 5.92 Å². The van der Waals surface area contributed by atoms with Crippen LogP contribution >= 0.6 is 11.6 Å². The highest BCUT2D eigenvalue weighted by atomic mass is 35.5. The smallest absolute Gasteiger partial charge is 0.0635 e. The van der Waals surface area contributed by atoms with Crippen LogP contribution in [0.25, 0.3) is 0 Å². The highest BCUT2D eigenvalue weighted by Gasteiger charge is 2.41. The molecule has 0 aromatic heterocycles. The molecule has 1 heterocycles. The molecule has 0 spiro atoms. The van der Waals surface area contributed by atoms with Crippen molar-refractivity contribution in [1.29, 1.82) is 0 Å². The first-order valence-electron chi connectivity index (χ1n) is 10.3. The zero-order valence-corrected chi connectivity index (χ0v) is 18.0. The Morgan fingerprint density at radius 2 is 1.70 bits per heavy atom. The van der Waals surface area contributed by atoms with Gasteiger partial charge in [-0.25, -0.2) is 0 Å². The van der Waals surface area contributed by atoms with Crippen molar-refractivity contribution in [3.8, 4) is 0 Å². The SMILES string of the molecule is Cc1ccc(C2(CCCC(C)c3ccc(Cl)cc3)CCOC(C)(C)C2)cc1. The fourth-order valence-corrected chi connectivity index (χ4v) is 4.82.